The van der Waals surface area contributed by atoms with Gasteiger partial charge in [0.15, 0.2) is 11.3 Å². The molecule has 240 valence electrons. The molecule has 0 saturated carbocycles. The SMILES string of the molecule is CCCCNC(=O)CN1C(=O)N2Cc3ccccc3CN3C(=O)N(CC(=O)NCCCC)C1(c1ccccc1)C23c1ccccc1. The summed E-state index contributed by atoms with van der Waals surface area (Å²) >= 11 is 0. The number of unbranched alkanes of at least 4 members (excludes halogenated alkanes) is 2. The van der Waals surface area contributed by atoms with Gasteiger partial charge < -0.3 is 10.6 Å². The molecular weight excluding hydrogens is 580 g/mol. The lowest BCUT2D eigenvalue weighted by atomic mass is 9.79. The van der Waals surface area contributed by atoms with Gasteiger partial charge >= 0.3 is 12.1 Å². The molecule has 3 aromatic rings. The Hall–Kier alpha value is -4.86. The maximum absolute atomic E-state index is 15.1. The quantitative estimate of drug-likeness (QED) is 0.286. The molecule has 0 bridgehead atoms. The van der Waals surface area contributed by atoms with E-state index in [-0.39, 0.29) is 50.1 Å². The largest absolute Gasteiger partial charge is 0.355 e. The number of nitrogens with one attached hydrogen (secondary N) is 2. The Morgan fingerprint density at radius 1 is 0.609 bits per heavy atom. The van der Waals surface area contributed by atoms with Crippen LogP contribution in [0.2, 0.25) is 0 Å². The van der Waals surface area contributed by atoms with Crippen LogP contribution in [0.5, 0.6) is 0 Å². The molecule has 0 spiro atoms. The molecule has 3 aromatic carbocycles. The third kappa shape index (κ3) is 4.78. The van der Waals surface area contributed by atoms with Gasteiger partial charge in [-0.05, 0) is 24.0 Å². The Bertz CT molecular complexity index is 1520. The number of hydrogen-bond donors (Lipinski definition) is 2. The van der Waals surface area contributed by atoms with Crippen molar-refractivity contribution < 1.29 is 19.2 Å². The number of hydrogen-bond acceptors (Lipinski definition) is 4. The molecule has 46 heavy (non-hydrogen) atoms. The van der Waals surface area contributed by atoms with Crippen LogP contribution in [0.4, 0.5) is 9.59 Å². The lowest BCUT2D eigenvalue weighted by Gasteiger charge is -2.49. The third-order valence-electron chi connectivity index (χ3n) is 9.41. The predicted molar refractivity (Wildman–Crippen MR) is 174 cm³/mol. The van der Waals surface area contributed by atoms with Gasteiger partial charge in [0.2, 0.25) is 11.8 Å². The van der Waals surface area contributed by atoms with Crippen molar-refractivity contribution in [2.24, 2.45) is 0 Å². The Morgan fingerprint density at radius 3 is 1.41 bits per heavy atom. The number of urea groups is 2. The molecule has 6 amide bonds. The van der Waals surface area contributed by atoms with E-state index in [2.05, 4.69) is 10.6 Å². The highest BCUT2D eigenvalue weighted by Gasteiger charge is 2.80. The molecule has 2 fully saturated rings. The molecule has 0 unspecified atom stereocenters. The van der Waals surface area contributed by atoms with Crippen molar-refractivity contribution in [1.82, 2.24) is 30.2 Å². The van der Waals surface area contributed by atoms with E-state index in [0.717, 1.165) is 42.4 Å². The van der Waals surface area contributed by atoms with Crippen LogP contribution in [0.25, 0.3) is 0 Å². The molecule has 2 N–H and O–H groups in total. The Morgan fingerprint density at radius 2 is 1.00 bits per heavy atom. The van der Waals surface area contributed by atoms with Gasteiger partial charge in [-0.2, -0.15) is 0 Å². The minimum atomic E-state index is -1.57. The summed E-state index contributed by atoms with van der Waals surface area (Å²) in [6.07, 6.45) is 3.42. The highest BCUT2D eigenvalue weighted by Crippen LogP contribution is 2.63. The first-order chi connectivity index (χ1) is 22.4. The smallest absolute Gasteiger partial charge is 0.325 e. The summed E-state index contributed by atoms with van der Waals surface area (Å²) in [7, 11) is 0. The average Bonchev–Trinajstić information content (AvgIpc) is 3.31. The van der Waals surface area contributed by atoms with Gasteiger partial charge in [0.05, 0.1) is 13.1 Å². The van der Waals surface area contributed by atoms with E-state index in [1.165, 1.54) is 9.80 Å². The normalized spacial score (nSPS) is 21.6. The number of carbonyl (C=O) groups is 4. The van der Waals surface area contributed by atoms with Gasteiger partial charge in [0.25, 0.3) is 0 Å². The number of nitrogens with zero attached hydrogens (tertiary/aromatic N) is 4. The Balaban J connectivity index is 1.63. The summed E-state index contributed by atoms with van der Waals surface area (Å²) in [5.74, 6) is -0.645. The van der Waals surface area contributed by atoms with Crippen molar-refractivity contribution in [1.29, 1.82) is 0 Å². The zero-order valence-electron chi connectivity index (χ0n) is 26.6. The molecule has 10 nitrogen and oxygen atoms in total. The minimum absolute atomic E-state index is 0.215. The molecule has 3 aliphatic rings. The summed E-state index contributed by atoms with van der Waals surface area (Å²) < 4.78 is 0. The highest BCUT2D eigenvalue weighted by atomic mass is 16.2. The molecule has 3 heterocycles. The Kier molecular flexibility index (Phi) is 8.71. The van der Waals surface area contributed by atoms with E-state index in [9.17, 15) is 9.59 Å². The summed E-state index contributed by atoms with van der Waals surface area (Å²) in [5.41, 5.74) is 0.212. The maximum Gasteiger partial charge on any atom is 0.325 e. The van der Waals surface area contributed by atoms with Crippen molar-refractivity contribution in [3.8, 4) is 0 Å². The van der Waals surface area contributed by atoms with E-state index in [0.29, 0.717) is 18.7 Å². The number of rotatable bonds is 12. The van der Waals surface area contributed by atoms with Crippen molar-refractivity contribution >= 4 is 23.9 Å². The van der Waals surface area contributed by atoms with Gasteiger partial charge in [-0.1, -0.05) is 112 Å². The Labute approximate surface area is 270 Å². The van der Waals surface area contributed by atoms with Gasteiger partial charge in [0.1, 0.15) is 13.1 Å². The van der Waals surface area contributed by atoms with Crippen LogP contribution in [0.3, 0.4) is 0 Å². The van der Waals surface area contributed by atoms with E-state index in [4.69, 9.17) is 0 Å². The van der Waals surface area contributed by atoms with Crippen molar-refractivity contribution in [3.63, 3.8) is 0 Å². The standard InChI is InChI=1S/C36H42N6O4/c1-3-5-21-37-31(43)25-41-33(45)39-23-27-15-13-14-16-28(27)24-40-34(46)42(26-32(44)38-22-6-4-2)36(41,30-19-11-8-12-20-30)35(39,40)29-17-9-7-10-18-29/h7-20H,3-6,21-26H2,1-2H3,(H,37,43)(H,38,44). The molecule has 6 rings (SSSR count). The summed E-state index contributed by atoms with van der Waals surface area (Å²) in [6.45, 7) is 4.89. The fourth-order valence-electron chi connectivity index (χ4n) is 7.40. The first-order valence-corrected chi connectivity index (χ1v) is 16.3. The van der Waals surface area contributed by atoms with Crippen molar-refractivity contribution in [2.75, 3.05) is 26.2 Å². The molecule has 2 saturated heterocycles. The molecular formula is C36H42N6O4. The summed E-state index contributed by atoms with van der Waals surface area (Å²) in [5, 5.41) is 5.95. The molecule has 0 radical (unpaired) electrons. The van der Waals surface area contributed by atoms with Gasteiger partial charge in [-0.15, -0.1) is 0 Å². The minimum Gasteiger partial charge on any atom is -0.355 e. The zero-order valence-corrected chi connectivity index (χ0v) is 26.6. The third-order valence-corrected chi connectivity index (χ3v) is 9.41. The summed E-state index contributed by atoms with van der Waals surface area (Å²) in [4.78, 5) is 64.0. The van der Waals surface area contributed by atoms with E-state index in [1.807, 2.05) is 98.8 Å². The number of fused-ring (bicyclic) bond motifs is 1. The molecule has 3 aliphatic heterocycles. The van der Waals surface area contributed by atoms with E-state index < -0.39 is 11.3 Å². The molecule has 10 heteroatoms. The van der Waals surface area contributed by atoms with Gasteiger partial charge in [0, 0.05) is 24.2 Å². The monoisotopic (exact) mass is 622 g/mol. The second-order valence-corrected chi connectivity index (χ2v) is 12.2. The zero-order chi connectivity index (χ0) is 32.3. The lowest BCUT2D eigenvalue weighted by Crippen LogP contribution is -2.64. The number of amides is 6. The van der Waals surface area contributed by atoms with Crippen LogP contribution < -0.4 is 10.6 Å². The predicted octanol–water partition coefficient (Wildman–Crippen LogP) is 4.71. The van der Waals surface area contributed by atoms with E-state index in [1.54, 1.807) is 9.80 Å². The van der Waals surface area contributed by atoms with Crippen molar-refractivity contribution in [3.05, 3.63) is 107 Å². The second-order valence-electron chi connectivity index (χ2n) is 12.2. The topological polar surface area (TPSA) is 105 Å². The van der Waals surface area contributed by atoms with Gasteiger partial charge in [-0.3, -0.25) is 29.2 Å². The lowest BCUT2D eigenvalue weighted by molar-refractivity contribution is -0.130. The average molecular weight is 623 g/mol. The first kappa shape index (κ1) is 31.1. The van der Waals surface area contributed by atoms with Crippen LogP contribution in [0, 0.1) is 0 Å². The fraction of sp³-hybridized carbons (Fsp3) is 0.389. The van der Waals surface area contributed by atoms with Crippen molar-refractivity contribution in [2.45, 2.75) is 63.9 Å². The molecule has 0 aromatic heterocycles. The van der Waals surface area contributed by atoms with Crippen LogP contribution >= 0.6 is 0 Å². The highest BCUT2D eigenvalue weighted by molar-refractivity contribution is 5.94. The van der Waals surface area contributed by atoms with Crippen LogP contribution in [-0.2, 0) is 34.0 Å². The van der Waals surface area contributed by atoms with Gasteiger partial charge in [-0.25, -0.2) is 9.59 Å². The second kappa shape index (κ2) is 12.9. The number of benzene rings is 3. The summed E-state index contributed by atoms with van der Waals surface area (Å²) in [6, 6.07) is 26.0. The van der Waals surface area contributed by atoms with E-state index >= 15 is 9.59 Å². The van der Waals surface area contributed by atoms with Crippen LogP contribution in [0.1, 0.15) is 61.8 Å². The van der Waals surface area contributed by atoms with Crippen LogP contribution in [0.15, 0.2) is 84.9 Å². The molecule has 0 atom stereocenters. The number of carbonyl (C=O) groups excluding carboxylic acids is 4. The molecule has 0 aliphatic carbocycles. The first-order valence-electron chi connectivity index (χ1n) is 16.3. The maximum atomic E-state index is 15.1. The van der Waals surface area contributed by atoms with Crippen LogP contribution in [-0.4, -0.2) is 69.7 Å². The fourth-order valence-corrected chi connectivity index (χ4v) is 7.40.